The fraction of sp³-hybridized carbons (Fsp3) is 0.263. The Balaban J connectivity index is 2.16. The highest BCUT2D eigenvalue weighted by atomic mass is 79.9. The number of carbonyl (C=O) groups is 2. The van der Waals surface area contributed by atoms with Gasteiger partial charge in [0.15, 0.2) is 0 Å². The zero-order valence-electron chi connectivity index (χ0n) is 15.7. The molecular weight excluding hydrogens is 446 g/mol. The van der Waals surface area contributed by atoms with E-state index < -0.39 is 15.9 Å². The van der Waals surface area contributed by atoms with Crippen molar-refractivity contribution in [2.75, 3.05) is 4.72 Å². The summed E-state index contributed by atoms with van der Waals surface area (Å²) in [6.45, 7) is 5.62. The van der Waals surface area contributed by atoms with Gasteiger partial charge in [0.05, 0.1) is 10.6 Å². The summed E-state index contributed by atoms with van der Waals surface area (Å²) in [4.78, 5) is 23.8. The second kappa shape index (κ2) is 9.20. The molecule has 28 heavy (non-hydrogen) atoms. The van der Waals surface area contributed by atoms with Crippen LogP contribution >= 0.6 is 15.9 Å². The molecule has 0 spiro atoms. The minimum Gasteiger partial charge on any atom is -0.278 e. The number of aryl methyl sites for hydroxylation is 1. The van der Waals surface area contributed by atoms with Crippen LogP contribution in [0.25, 0.3) is 0 Å². The first kappa shape index (κ1) is 21.9. The van der Waals surface area contributed by atoms with Crippen LogP contribution in [0.1, 0.15) is 36.2 Å². The van der Waals surface area contributed by atoms with Crippen molar-refractivity contribution in [2.45, 2.75) is 32.1 Å². The van der Waals surface area contributed by atoms with E-state index in [2.05, 4.69) is 31.5 Å². The lowest BCUT2D eigenvalue weighted by molar-refractivity contribution is -0.122. The Morgan fingerprint density at radius 2 is 1.79 bits per heavy atom. The minimum atomic E-state index is -3.90. The van der Waals surface area contributed by atoms with Crippen molar-refractivity contribution in [1.29, 1.82) is 0 Å². The number of nitrogens with one attached hydrogen (secondary N) is 3. The average Bonchev–Trinajstić information content (AvgIpc) is 2.62. The summed E-state index contributed by atoms with van der Waals surface area (Å²) in [5, 5.41) is 0. The smallest absolute Gasteiger partial charge is 0.269 e. The van der Waals surface area contributed by atoms with Crippen LogP contribution in [0.15, 0.2) is 51.8 Å². The lowest BCUT2D eigenvalue weighted by atomic mass is 10.1. The van der Waals surface area contributed by atoms with Crippen molar-refractivity contribution in [2.24, 2.45) is 5.92 Å². The molecule has 0 atom stereocenters. The van der Waals surface area contributed by atoms with Gasteiger partial charge in [0.2, 0.25) is 5.91 Å². The van der Waals surface area contributed by atoms with Crippen LogP contribution < -0.4 is 15.6 Å². The number of hydrogen-bond donors (Lipinski definition) is 3. The van der Waals surface area contributed by atoms with E-state index >= 15 is 0 Å². The molecule has 2 aromatic carbocycles. The molecule has 0 fully saturated rings. The number of hydrogen-bond acceptors (Lipinski definition) is 4. The van der Waals surface area contributed by atoms with Crippen LogP contribution in [0.2, 0.25) is 0 Å². The van der Waals surface area contributed by atoms with E-state index in [9.17, 15) is 18.0 Å². The monoisotopic (exact) mass is 467 g/mol. The van der Waals surface area contributed by atoms with E-state index in [1.165, 1.54) is 24.3 Å². The molecular formula is C19H22BrN3O4S. The van der Waals surface area contributed by atoms with Gasteiger partial charge >= 0.3 is 0 Å². The fourth-order valence-electron chi connectivity index (χ4n) is 2.35. The Morgan fingerprint density at radius 3 is 2.46 bits per heavy atom. The fourth-order valence-corrected chi connectivity index (χ4v) is 3.94. The first-order valence-corrected chi connectivity index (χ1v) is 10.8. The highest BCUT2D eigenvalue weighted by Crippen LogP contribution is 2.26. The summed E-state index contributed by atoms with van der Waals surface area (Å²) in [7, 11) is -3.90. The molecule has 0 aliphatic carbocycles. The summed E-state index contributed by atoms with van der Waals surface area (Å²) >= 11 is 3.31. The predicted octanol–water partition coefficient (Wildman–Crippen LogP) is 3.37. The van der Waals surface area contributed by atoms with Crippen molar-refractivity contribution >= 4 is 43.5 Å². The van der Waals surface area contributed by atoms with E-state index in [0.717, 1.165) is 5.56 Å². The predicted molar refractivity (Wildman–Crippen MR) is 111 cm³/mol. The quantitative estimate of drug-likeness (QED) is 0.566. The molecule has 0 aromatic heterocycles. The number of halogens is 1. The van der Waals surface area contributed by atoms with Crippen LogP contribution in [0.3, 0.4) is 0 Å². The summed E-state index contributed by atoms with van der Waals surface area (Å²) in [6, 6.07) is 10.9. The third-order valence-corrected chi connectivity index (χ3v) is 5.74. The molecule has 0 bridgehead atoms. The Bertz CT molecular complexity index is 990. The number of benzene rings is 2. The Kier molecular flexibility index (Phi) is 7.20. The first-order valence-electron chi connectivity index (χ1n) is 8.56. The molecule has 2 aromatic rings. The molecule has 0 saturated carbocycles. The number of carbonyl (C=O) groups excluding carboxylic acids is 2. The number of amides is 2. The second-order valence-electron chi connectivity index (χ2n) is 6.72. The molecule has 0 aliphatic heterocycles. The normalized spacial score (nSPS) is 11.2. The SMILES string of the molecule is Cc1ccc(Br)c(NS(=O)(=O)c2cccc(C(=O)NNC(=O)CC(C)C)c2)c1. The molecule has 3 N–H and O–H groups in total. The molecule has 7 nitrogen and oxygen atoms in total. The van der Waals surface area contributed by atoms with Gasteiger partial charge in [-0.15, -0.1) is 0 Å². The van der Waals surface area contributed by atoms with Crippen LogP contribution in [-0.2, 0) is 14.8 Å². The van der Waals surface area contributed by atoms with Gasteiger partial charge in [-0.25, -0.2) is 8.42 Å². The van der Waals surface area contributed by atoms with Gasteiger partial charge in [-0.1, -0.05) is 26.0 Å². The van der Waals surface area contributed by atoms with E-state index in [1.807, 2.05) is 26.8 Å². The van der Waals surface area contributed by atoms with Crippen molar-refractivity contribution < 1.29 is 18.0 Å². The van der Waals surface area contributed by atoms with Crippen molar-refractivity contribution in [3.05, 3.63) is 58.1 Å². The van der Waals surface area contributed by atoms with Crippen molar-refractivity contribution in [3.63, 3.8) is 0 Å². The Morgan fingerprint density at radius 1 is 1.07 bits per heavy atom. The first-order chi connectivity index (χ1) is 13.1. The molecule has 0 saturated heterocycles. The standard InChI is InChI=1S/C19H22BrN3O4S/c1-12(2)9-18(24)21-22-19(25)14-5-4-6-15(11-14)28(26,27)23-17-10-13(3)7-8-16(17)20/h4-8,10-12,23H,9H2,1-3H3,(H,21,24)(H,22,25). The molecule has 2 amide bonds. The lowest BCUT2D eigenvalue weighted by Gasteiger charge is -2.12. The third-order valence-electron chi connectivity index (χ3n) is 3.68. The summed E-state index contributed by atoms with van der Waals surface area (Å²) in [5.74, 6) is -0.777. The zero-order valence-corrected chi connectivity index (χ0v) is 18.1. The summed E-state index contributed by atoms with van der Waals surface area (Å²) in [6.07, 6.45) is 0.268. The molecule has 0 unspecified atom stereocenters. The van der Waals surface area contributed by atoms with Crippen LogP contribution in [0, 0.1) is 12.8 Å². The van der Waals surface area contributed by atoms with Gasteiger partial charge in [0.25, 0.3) is 15.9 Å². The average molecular weight is 468 g/mol. The zero-order chi connectivity index (χ0) is 20.9. The van der Waals surface area contributed by atoms with Gasteiger partial charge in [0.1, 0.15) is 0 Å². The second-order valence-corrected chi connectivity index (χ2v) is 9.25. The molecule has 0 radical (unpaired) electrons. The maximum Gasteiger partial charge on any atom is 0.269 e. The third kappa shape index (κ3) is 6.07. The van der Waals surface area contributed by atoms with E-state index in [1.54, 1.807) is 12.1 Å². The largest absolute Gasteiger partial charge is 0.278 e. The Labute approximate surface area is 173 Å². The number of rotatable bonds is 6. The van der Waals surface area contributed by atoms with E-state index in [0.29, 0.717) is 10.2 Å². The van der Waals surface area contributed by atoms with Gasteiger partial charge in [-0.2, -0.15) is 0 Å². The Hall–Kier alpha value is -2.39. The molecule has 0 heterocycles. The van der Waals surface area contributed by atoms with Gasteiger partial charge in [0, 0.05) is 16.5 Å². The van der Waals surface area contributed by atoms with Crippen molar-refractivity contribution in [3.8, 4) is 0 Å². The van der Waals surface area contributed by atoms with E-state index in [4.69, 9.17) is 0 Å². The highest BCUT2D eigenvalue weighted by molar-refractivity contribution is 9.10. The van der Waals surface area contributed by atoms with Crippen LogP contribution in [-0.4, -0.2) is 20.2 Å². The molecule has 9 heteroatoms. The maximum absolute atomic E-state index is 12.7. The summed E-state index contributed by atoms with van der Waals surface area (Å²) in [5.41, 5.74) is 6.00. The molecule has 150 valence electrons. The number of hydrazine groups is 1. The van der Waals surface area contributed by atoms with Gasteiger partial charge in [-0.05, 0) is 64.7 Å². The number of anilines is 1. The van der Waals surface area contributed by atoms with Gasteiger partial charge in [-0.3, -0.25) is 25.2 Å². The van der Waals surface area contributed by atoms with Crippen LogP contribution in [0.5, 0.6) is 0 Å². The summed E-state index contributed by atoms with van der Waals surface area (Å²) < 4.78 is 28.5. The molecule has 2 rings (SSSR count). The minimum absolute atomic E-state index is 0.0675. The number of sulfonamides is 1. The highest BCUT2D eigenvalue weighted by Gasteiger charge is 2.18. The van der Waals surface area contributed by atoms with E-state index in [-0.39, 0.29) is 28.7 Å². The lowest BCUT2D eigenvalue weighted by Crippen LogP contribution is -2.42. The van der Waals surface area contributed by atoms with Crippen LogP contribution in [0.4, 0.5) is 5.69 Å². The van der Waals surface area contributed by atoms with Gasteiger partial charge < -0.3 is 0 Å². The molecule has 0 aliphatic rings. The maximum atomic E-state index is 12.7. The topological polar surface area (TPSA) is 104 Å². The van der Waals surface area contributed by atoms with Crippen molar-refractivity contribution in [1.82, 2.24) is 10.9 Å².